The van der Waals surface area contributed by atoms with Crippen LogP contribution in [0.4, 0.5) is 0 Å². The van der Waals surface area contributed by atoms with Gasteiger partial charge in [0.25, 0.3) is 0 Å². The molecule has 0 aromatic heterocycles. The highest BCUT2D eigenvalue weighted by atomic mass is 31.2. The van der Waals surface area contributed by atoms with Gasteiger partial charge < -0.3 is 20.1 Å². The molecule has 0 saturated carbocycles. The zero-order chi connectivity index (χ0) is 38.9. The molecule has 0 amide bonds. The van der Waals surface area contributed by atoms with E-state index < -0.39 is 32.5 Å². The van der Waals surface area contributed by atoms with Crippen molar-refractivity contribution in [2.45, 2.75) is 174 Å². The Labute approximate surface area is 323 Å². The number of phosphoric ester groups is 1. The molecule has 306 valence electrons. The van der Waals surface area contributed by atoms with Gasteiger partial charge in [-0.25, -0.2) is 4.57 Å². The molecular formula is C43H76NO8P. The van der Waals surface area contributed by atoms with E-state index in [-0.39, 0.29) is 32.6 Å². The van der Waals surface area contributed by atoms with Crippen LogP contribution in [0.5, 0.6) is 0 Å². The first-order valence-electron chi connectivity index (χ1n) is 20.8. The summed E-state index contributed by atoms with van der Waals surface area (Å²) in [6.45, 7) is 3.57. The zero-order valence-electron chi connectivity index (χ0n) is 33.5. The largest absolute Gasteiger partial charge is 0.472 e. The number of esters is 2. The van der Waals surface area contributed by atoms with Crippen molar-refractivity contribution in [2.24, 2.45) is 5.73 Å². The van der Waals surface area contributed by atoms with Crippen molar-refractivity contribution in [1.82, 2.24) is 0 Å². The molecule has 0 aliphatic carbocycles. The average Bonchev–Trinajstić information content (AvgIpc) is 3.14. The second-order valence-corrected chi connectivity index (χ2v) is 15.0. The molecule has 53 heavy (non-hydrogen) atoms. The first-order valence-corrected chi connectivity index (χ1v) is 22.3. The SMILES string of the molecule is CCC/C=C\C/C=C\C/C=C\C/C=C\C/C=C\CCC(=O)OC(COC(=O)CCCCCCCCCCCCCCCCC)COP(=O)(O)OCCN. The number of phosphoric acid groups is 1. The van der Waals surface area contributed by atoms with Crippen LogP contribution in [0, 0.1) is 0 Å². The molecule has 0 aromatic rings. The maximum absolute atomic E-state index is 12.5. The highest BCUT2D eigenvalue weighted by molar-refractivity contribution is 7.47. The number of hydrogen-bond acceptors (Lipinski definition) is 8. The Morgan fingerprint density at radius 3 is 1.49 bits per heavy atom. The minimum atomic E-state index is -4.39. The molecule has 10 heteroatoms. The fourth-order valence-electron chi connectivity index (χ4n) is 5.33. The number of carbonyl (C=O) groups is 2. The summed E-state index contributed by atoms with van der Waals surface area (Å²) >= 11 is 0. The van der Waals surface area contributed by atoms with Crippen molar-refractivity contribution >= 4 is 19.8 Å². The van der Waals surface area contributed by atoms with Crippen molar-refractivity contribution in [3.8, 4) is 0 Å². The van der Waals surface area contributed by atoms with E-state index >= 15 is 0 Å². The standard InChI is InChI=1S/C43H76NO8P/c1-3-5-7-9-11-13-15-17-19-20-22-24-26-28-30-32-34-36-43(46)52-41(40-51-53(47,48)50-38-37-44)39-49-42(45)35-33-31-29-27-25-23-21-18-16-14-12-10-8-6-4-2/h7,9,13,15,19-20,24,26,30,32,41H,3-6,8,10-12,14,16-18,21-23,25,27-29,31,33-40,44H2,1-2H3,(H,47,48)/b9-7-,15-13-,20-19-,26-24-,32-30-. The molecule has 0 aliphatic heterocycles. The summed E-state index contributed by atoms with van der Waals surface area (Å²) in [5.41, 5.74) is 5.33. The minimum Gasteiger partial charge on any atom is -0.462 e. The maximum atomic E-state index is 12.5. The molecule has 0 bridgehead atoms. The molecule has 0 aliphatic rings. The Bertz CT molecular complexity index is 1050. The van der Waals surface area contributed by atoms with Crippen molar-refractivity contribution < 1.29 is 37.6 Å². The van der Waals surface area contributed by atoms with Crippen molar-refractivity contribution in [1.29, 1.82) is 0 Å². The van der Waals surface area contributed by atoms with Crippen LogP contribution in [0.15, 0.2) is 60.8 Å². The van der Waals surface area contributed by atoms with Crippen LogP contribution in [0.25, 0.3) is 0 Å². The third-order valence-corrected chi connectivity index (χ3v) is 9.39. The van der Waals surface area contributed by atoms with E-state index in [2.05, 4.69) is 62.5 Å². The monoisotopic (exact) mass is 766 g/mol. The Morgan fingerprint density at radius 2 is 1.02 bits per heavy atom. The first kappa shape index (κ1) is 50.7. The first-order chi connectivity index (χ1) is 25.8. The van der Waals surface area contributed by atoms with Crippen LogP contribution >= 0.6 is 7.82 Å². The summed E-state index contributed by atoms with van der Waals surface area (Å²) in [5, 5.41) is 0. The summed E-state index contributed by atoms with van der Waals surface area (Å²) in [6, 6.07) is 0. The predicted molar refractivity (Wildman–Crippen MR) is 219 cm³/mol. The van der Waals surface area contributed by atoms with Crippen molar-refractivity contribution in [2.75, 3.05) is 26.4 Å². The van der Waals surface area contributed by atoms with Crippen LogP contribution < -0.4 is 5.73 Å². The van der Waals surface area contributed by atoms with Gasteiger partial charge in [-0.3, -0.25) is 18.6 Å². The Morgan fingerprint density at radius 1 is 0.566 bits per heavy atom. The molecule has 0 spiro atoms. The topological polar surface area (TPSA) is 134 Å². The minimum absolute atomic E-state index is 0.0408. The Hall–Kier alpha value is -2.29. The maximum Gasteiger partial charge on any atom is 0.472 e. The van der Waals surface area contributed by atoms with Crippen LogP contribution in [0.1, 0.15) is 168 Å². The summed E-state index contributed by atoms with van der Waals surface area (Å²) in [5.74, 6) is -0.925. The lowest BCUT2D eigenvalue weighted by Crippen LogP contribution is -2.29. The van der Waals surface area contributed by atoms with Gasteiger partial charge >= 0.3 is 19.8 Å². The van der Waals surface area contributed by atoms with Crippen LogP contribution in [0.3, 0.4) is 0 Å². The van der Waals surface area contributed by atoms with E-state index in [0.717, 1.165) is 51.4 Å². The number of nitrogens with two attached hydrogens (primary N) is 1. The van der Waals surface area contributed by atoms with Gasteiger partial charge in [0, 0.05) is 19.4 Å². The van der Waals surface area contributed by atoms with E-state index in [4.69, 9.17) is 24.3 Å². The molecule has 0 heterocycles. The molecule has 0 fully saturated rings. The number of rotatable bonds is 38. The number of allylic oxidation sites excluding steroid dienone is 10. The third kappa shape index (κ3) is 39.2. The lowest BCUT2D eigenvalue weighted by Gasteiger charge is -2.19. The fourth-order valence-corrected chi connectivity index (χ4v) is 6.10. The molecule has 0 aromatic carbocycles. The van der Waals surface area contributed by atoms with Crippen molar-refractivity contribution in [3.05, 3.63) is 60.8 Å². The summed E-state index contributed by atoms with van der Waals surface area (Å²) in [4.78, 5) is 34.8. The summed E-state index contributed by atoms with van der Waals surface area (Å²) in [7, 11) is -4.39. The van der Waals surface area contributed by atoms with E-state index in [9.17, 15) is 19.0 Å². The van der Waals surface area contributed by atoms with Gasteiger partial charge in [0.15, 0.2) is 6.10 Å². The predicted octanol–water partition coefficient (Wildman–Crippen LogP) is 11.7. The molecular weight excluding hydrogens is 689 g/mol. The molecule has 0 radical (unpaired) electrons. The zero-order valence-corrected chi connectivity index (χ0v) is 34.4. The van der Waals surface area contributed by atoms with E-state index in [1.807, 2.05) is 12.2 Å². The molecule has 2 unspecified atom stereocenters. The summed E-state index contributed by atoms with van der Waals surface area (Å²) < 4.78 is 32.6. The Balaban J connectivity index is 4.30. The van der Waals surface area contributed by atoms with Gasteiger partial charge in [0.05, 0.1) is 13.2 Å². The van der Waals surface area contributed by atoms with Gasteiger partial charge in [-0.1, -0.05) is 171 Å². The number of carbonyl (C=O) groups excluding carboxylic acids is 2. The van der Waals surface area contributed by atoms with E-state index in [1.54, 1.807) is 0 Å². The smallest absolute Gasteiger partial charge is 0.462 e. The van der Waals surface area contributed by atoms with Gasteiger partial charge in [-0.2, -0.15) is 0 Å². The van der Waals surface area contributed by atoms with Gasteiger partial charge in [0.1, 0.15) is 6.61 Å². The molecule has 0 saturated heterocycles. The van der Waals surface area contributed by atoms with Gasteiger partial charge in [0.2, 0.25) is 0 Å². The van der Waals surface area contributed by atoms with Crippen molar-refractivity contribution in [3.63, 3.8) is 0 Å². The van der Waals surface area contributed by atoms with Crippen LogP contribution in [-0.2, 0) is 32.7 Å². The average molecular weight is 766 g/mol. The highest BCUT2D eigenvalue weighted by Gasteiger charge is 2.25. The second kappa shape index (κ2) is 39.4. The van der Waals surface area contributed by atoms with Gasteiger partial charge in [-0.15, -0.1) is 0 Å². The molecule has 9 nitrogen and oxygen atoms in total. The Kier molecular flexibility index (Phi) is 37.7. The number of unbranched alkanes of at least 4 members (excludes halogenated alkanes) is 15. The molecule has 2 atom stereocenters. The molecule has 0 rings (SSSR count). The van der Waals surface area contributed by atoms with Crippen LogP contribution in [0.2, 0.25) is 0 Å². The van der Waals surface area contributed by atoms with Gasteiger partial charge in [-0.05, 0) is 44.9 Å². The lowest BCUT2D eigenvalue weighted by atomic mass is 10.0. The molecule has 3 N–H and O–H groups in total. The second-order valence-electron chi connectivity index (χ2n) is 13.5. The highest BCUT2D eigenvalue weighted by Crippen LogP contribution is 2.43. The van der Waals surface area contributed by atoms with E-state index in [1.165, 1.54) is 83.5 Å². The summed E-state index contributed by atoms with van der Waals surface area (Å²) in [6.07, 6.45) is 45.5. The normalized spacial score (nSPS) is 14.0. The number of ether oxygens (including phenoxy) is 2. The fraction of sp³-hybridized carbons (Fsp3) is 0.721. The third-order valence-electron chi connectivity index (χ3n) is 8.40. The quantitative estimate of drug-likeness (QED) is 0.0272. The lowest BCUT2D eigenvalue weighted by molar-refractivity contribution is -0.161. The van der Waals surface area contributed by atoms with Crippen LogP contribution in [-0.4, -0.2) is 49.3 Å². The number of hydrogen-bond donors (Lipinski definition) is 2. The van der Waals surface area contributed by atoms with E-state index in [0.29, 0.717) is 6.42 Å².